The maximum Gasteiger partial charge on any atom is 0.336 e. The Labute approximate surface area is 119 Å². The average molecular weight is 332 g/mol. The zero-order chi connectivity index (χ0) is 13.8. The van der Waals surface area contributed by atoms with E-state index < -0.39 is 6.10 Å². The van der Waals surface area contributed by atoms with E-state index in [1.165, 1.54) is 19.2 Å². The number of nitrogens with zero attached hydrogens (tertiary/aromatic N) is 1. The lowest BCUT2D eigenvalue weighted by Crippen LogP contribution is -2.46. The van der Waals surface area contributed by atoms with E-state index in [2.05, 4.69) is 20.7 Å². The summed E-state index contributed by atoms with van der Waals surface area (Å²) >= 11 is 3.40. The third-order valence-electron chi connectivity index (χ3n) is 3.02. The van der Waals surface area contributed by atoms with E-state index in [0.717, 1.165) is 10.0 Å². The molecule has 1 aromatic rings. The van der Waals surface area contributed by atoms with Crippen LogP contribution >= 0.6 is 15.9 Å². The van der Waals surface area contributed by atoms with E-state index in [1.807, 2.05) is 4.90 Å². The number of hydrogen-bond acceptors (Lipinski definition) is 4. The predicted octanol–water partition coefficient (Wildman–Crippen LogP) is 1.96. The first-order valence-electron chi connectivity index (χ1n) is 5.96. The van der Waals surface area contributed by atoms with Crippen LogP contribution in [0, 0.1) is 5.82 Å². The van der Waals surface area contributed by atoms with Crippen LogP contribution in [0.15, 0.2) is 22.7 Å². The maximum atomic E-state index is 13.2. The molecule has 0 radical (unpaired) electrons. The van der Waals surface area contributed by atoms with Gasteiger partial charge in [-0.25, -0.2) is 9.18 Å². The van der Waals surface area contributed by atoms with E-state index in [0.29, 0.717) is 26.2 Å². The minimum absolute atomic E-state index is 0.268. The summed E-state index contributed by atoms with van der Waals surface area (Å²) < 4.78 is 24.1. The Morgan fingerprint density at radius 1 is 1.63 bits per heavy atom. The van der Waals surface area contributed by atoms with Crippen LogP contribution in [0.3, 0.4) is 0 Å². The molecule has 0 amide bonds. The molecule has 1 saturated heterocycles. The van der Waals surface area contributed by atoms with Crippen molar-refractivity contribution in [3.8, 4) is 0 Å². The molecule has 0 unspecified atom stereocenters. The lowest BCUT2D eigenvalue weighted by molar-refractivity contribution is -0.160. The number of esters is 1. The zero-order valence-electron chi connectivity index (χ0n) is 10.6. The molecule has 0 aromatic heterocycles. The summed E-state index contributed by atoms with van der Waals surface area (Å²) in [6, 6.07) is 4.58. The Bertz CT molecular complexity index is 469. The SMILES string of the molecule is COC(=O)[C@H]1CN(Cc2cc(F)ccc2Br)CCO1. The van der Waals surface area contributed by atoms with Crippen molar-refractivity contribution in [1.29, 1.82) is 0 Å². The van der Waals surface area contributed by atoms with Crippen molar-refractivity contribution in [2.45, 2.75) is 12.6 Å². The summed E-state index contributed by atoms with van der Waals surface area (Å²) in [4.78, 5) is 13.5. The van der Waals surface area contributed by atoms with Gasteiger partial charge in [-0.15, -0.1) is 0 Å². The third kappa shape index (κ3) is 3.75. The Balaban J connectivity index is 2.02. The Kier molecular flexibility index (Phi) is 4.90. The van der Waals surface area contributed by atoms with Gasteiger partial charge in [0.05, 0.1) is 13.7 Å². The second-order valence-corrected chi connectivity index (χ2v) is 5.21. The van der Waals surface area contributed by atoms with E-state index in [1.54, 1.807) is 6.07 Å². The topological polar surface area (TPSA) is 38.8 Å². The molecule has 0 N–H and O–H groups in total. The number of carbonyl (C=O) groups excluding carboxylic acids is 1. The van der Waals surface area contributed by atoms with Crippen LogP contribution in [-0.4, -0.2) is 43.8 Å². The molecular weight excluding hydrogens is 317 g/mol. The molecule has 1 aliphatic rings. The molecule has 1 aliphatic heterocycles. The monoisotopic (exact) mass is 331 g/mol. The van der Waals surface area contributed by atoms with Gasteiger partial charge in [0.25, 0.3) is 0 Å². The molecule has 104 valence electrons. The minimum Gasteiger partial charge on any atom is -0.467 e. The van der Waals surface area contributed by atoms with Crippen molar-refractivity contribution in [2.75, 3.05) is 26.8 Å². The van der Waals surface area contributed by atoms with Crippen LogP contribution in [0.1, 0.15) is 5.56 Å². The van der Waals surface area contributed by atoms with E-state index in [9.17, 15) is 9.18 Å². The minimum atomic E-state index is -0.564. The number of carbonyl (C=O) groups is 1. The highest BCUT2D eigenvalue weighted by molar-refractivity contribution is 9.10. The van der Waals surface area contributed by atoms with Gasteiger partial charge in [-0.3, -0.25) is 4.90 Å². The molecule has 4 nitrogen and oxygen atoms in total. The number of rotatable bonds is 3. The predicted molar refractivity (Wildman–Crippen MR) is 71.1 cm³/mol. The molecule has 6 heteroatoms. The molecule has 1 atom stereocenters. The fourth-order valence-corrected chi connectivity index (χ4v) is 2.40. The van der Waals surface area contributed by atoms with Gasteiger partial charge in [0.1, 0.15) is 5.82 Å². The highest BCUT2D eigenvalue weighted by Crippen LogP contribution is 2.20. The van der Waals surface area contributed by atoms with Crippen molar-refractivity contribution in [2.24, 2.45) is 0 Å². The molecule has 0 aliphatic carbocycles. The molecule has 19 heavy (non-hydrogen) atoms. The number of halogens is 2. The van der Waals surface area contributed by atoms with Crippen LogP contribution in [0.2, 0.25) is 0 Å². The highest BCUT2D eigenvalue weighted by Gasteiger charge is 2.27. The first kappa shape index (κ1) is 14.4. The number of hydrogen-bond donors (Lipinski definition) is 0. The molecule has 0 spiro atoms. The first-order valence-corrected chi connectivity index (χ1v) is 6.75. The van der Waals surface area contributed by atoms with Gasteiger partial charge in [0.15, 0.2) is 6.10 Å². The Morgan fingerprint density at radius 2 is 2.42 bits per heavy atom. The Morgan fingerprint density at radius 3 is 3.16 bits per heavy atom. The van der Waals surface area contributed by atoms with Crippen LogP contribution in [0.25, 0.3) is 0 Å². The second-order valence-electron chi connectivity index (χ2n) is 4.35. The highest BCUT2D eigenvalue weighted by atomic mass is 79.9. The smallest absolute Gasteiger partial charge is 0.336 e. The summed E-state index contributed by atoms with van der Waals surface area (Å²) in [6.07, 6.45) is -0.564. The fraction of sp³-hybridized carbons (Fsp3) is 0.462. The van der Waals surface area contributed by atoms with Crippen molar-refractivity contribution in [3.05, 3.63) is 34.1 Å². The summed E-state index contributed by atoms with van der Waals surface area (Å²) in [7, 11) is 1.34. The molecule has 1 heterocycles. The average Bonchev–Trinajstić information content (AvgIpc) is 2.42. The lowest BCUT2D eigenvalue weighted by atomic mass is 10.2. The van der Waals surface area contributed by atoms with Crippen LogP contribution in [0.5, 0.6) is 0 Å². The van der Waals surface area contributed by atoms with Crippen molar-refractivity contribution in [3.63, 3.8) is 0 Å². The van der Waals surface area contributed by atoms with Crippen molar-refractivity contribution in [1.82, 2.24) is 4.90 Å². The van der Waals surface area contributed by atoms with Gasteiger partial charge in [0, 0.05) is 24.1 Å². The van der Waals surface area contributed by atoms with Crippen LogP contribution in [0.4, 0.5) is 4.39 Å². The van der Waals surface area contributed by atoms with E-state index in [4.69, 9.17) is 4.74 Å². The standard InChI is InChI=1S/C13H15BrFNO3/c1-18-13(17)12-8-16(4-5-19-12)7-9-6-10(15)2-3-11(9)14/h2-3,6,12H,4-5,7-8H2,1H3/t12-/m1/s1. The van der Waals surface area contributed by atoms with Gasteiger partial charge < -0.3 is 9.47 Å². The van der Waals surface area contributed by atoms with Crippen LogP contribution < -0.4 is 0 Å². The quantitative estimate of drug-likeness (QED) is 0.794. The lowest BCUT2D eigenvalue weighted by Gasteiger charge is -2.31. The van der Waals surface area contributed by atoms with Crippen molar-refractivity contribution < 1.29 is 18.7 Å². The van der Waals surface area contributed by atoms with Gasteiger partial charge in [-0.1, -0.05) is 15.9 Å². The number of benzene rings is 1. The maximum absolute atomic E-state index is 13.2. The summed E-state index contributed by atoms with van der Waals surface area (Å²) in [5.41, 5.74) is 0.852. The summed E-state index contributed by atoms with van der Waals surface area (Å²) in [6.45, 7) is 2.19. The summed E-state index contributed by atoms with van der Waals surface area (Å²) in [5.74, 6) is -0.640. The third-order valence-corrected chi connectivity index (χ3v) is 3.79. The molecule has 0 bridgehead atoms. The number of morpholine rings is 1. The second kappa shape index (κ2) is 6.45. The molecular formula is C13H15BrFNO3. The fourth-order valence-electron chi connectivity index (χ4n) is 2.03. The zero-order valence-corrected chi connectivity index (χ0v) is 12.2. The number of methoxy groups -OCH3 is 1. The number of ether oxygens (including phenoxy) is 2. The Hall–Kier alpha value is -0.980. The van der Waals surface area contributed by atoms with E-state index in [-0.39, 0.29) is 11.8 Å². The molecule has 1 aromatic carbocycles. The molecule has 0 saturated carbocycles. The largest absolute Gasteiger partial charge is 0.467 e. The normalized spacial score (nSPS) is 20.3. The van der Waals surface area contributed by atoms with E-state index >= 15 is 0 Å². The van der Waals surface area contributed by atoms with Gasteiger partial charge in [-0.05, 0) is 23.8 Å². The first-order chi connectivity index (χ1) is 9.10. The summed E-state index contributed by atoms with van der Waals surface area (Å²) in [5, 5.41) is 0. The van der Waals surface area contributed by atoms with Crippen LogP contribution in [-0.2, 0) is 20.8 Å². The van der Waals surface area contributed by atoms with Gasteiger partial charge in [-0.2, -0.15) is 0 Å². The van der Waals surface area contributed by atoms with Gasteiger partial charge in [0.2, 0.25) is 0 Å². The molecule has 1 fully saturated rings. The molecule has 2 rings (SSSR count). The van der Waals surface area contributed by atoms with Crippen molar-refractivity contribution >= 4 is 21.9 Å². The van der Waals surface area contributed by atoms with Gasteiger partial charge >= 0.3 is 5.97 Å².